The Labute approximate surface area is 141 Å². The maximum absolute atomic E-state index is 6.13. The molecule has 3 heterocycles. The van der Waals surface area contributed by atoms with Crippen LogP contribution >= 0.6 is 11.3 Å². The average Bonchev–Trinajstić information content (AvgIpc) is 3.18. The first kappa shape index (κ1) is 14.7. The van der Waals surface area contributed by atoms with E-state index in [1.165, 1.54) is 30.6 Å². The molecule has 2 aliphatic rings. The Bertz CT molecular complexity index is 723. The summed E-state index contributed by atoms with van der Waals surface area (Å²) in [6.45, 7) is 3.35. The molecule has 0 aliphatic carbocycles. The minimum Gasteiger partial charge on any atom is -0.383 e. The standard InChI is InChI=1S/C18H22N4S/c1-21-12-15-4-2-8-22(15)11-13-10-14(6-7-16(13)21)20-18(19)17-5-3-9-23-17/h3,5-7,9-10,15H,2,4,8,11-12H2,1H3,(H2,19,20). The topological polar surface area (TPSA) is 44.9 Å². The Morgan fingerprint density at radius 1 is 1.35 bits per heavy atom. The lowest BCUT2D eigenvalue weighted by molar-refractivity contribution is 0.255. The van der Waals surface area contributed by atoms with Gasteiger partial charge >= 0.3 is 0 Å². The number of hydrogen-bond acceptors (Lipinski definition) is 4. The molecule has 0 amide bonds. The molecular weight excluding hydrogens is 304 g/mol. The first-order valence-electron chi connectivity index (χ1n) is 8.17. The van der Waals surface area contributed by atoms with E-state index >= 15 is 0 Å². The van der Waals surface area contributed by atoms with E-state index in [1.54, 1.807) is 11.3 Å². The molecule has 1 fully saturated rings. The summed E-state index contributed by atoms with van der Waals surface area (Å²) in [6.07, 6.45) is 2.63. The van der Waals surface area contributed by atoms with E-state index in [2.05, 4.69) is 40.0 Å². The third-order valence-electron chi connectivity index (χ3n) is 4.85. The van der Waals surface area contributed by atoms with Gasteiger partial charge in [-0.15, -0.1) is 11.3 Å². The predicted molar refractivity (Wildman–Crippen MR) is 97.8 cm³/mol. The molecule has 4 rings (SSSR count). The number of rotatable bonds is 2. The second-order valence-corrected chi connectivity index (χ2v) is 7.38. The molecular formula is C18H22N4S. The average molecular weight is 326 g/mol. The van der Waals surface area contributed by atoms with Gasteiger partial charge in [0.15, 0.2) is 0 Å². The van der Waals surface area contributed by atoms with Crippen LogP contribution in [0.2, 0.25) is 0 Å². The molecule has 1 atom stereocenters. The summed E-state index contributed by atoms with van der Waals surface area (Å²) in [5.74, 6) is 0.598. The van der Waals surface area contributed by atoms with E-state index in [0.717, 1.165) is 23.7 Å². The van der Waals surface area contributed by atoms with Gasteiger partial charge in [0.05, 0.1) is 10.6 Å². The lowest BCUT2D eigenvalue weighted by Gasteiger charge is -2.24. The summed E-state index contributed by atoms with van der Waals surface area (Å²) in [5.41, 5.74) is 9.76. The van der Waals surface area contributed by atoms with E-state index in [0.29, 0.717) is 11.9 Å². The van der Waals surface area contributed by atoms with Crippen molar-refractivity contribution in [3.63, 3.8) is 0 Å². The van der Waals surface area contributed by atoms with E-state index in [4.69, 9.17) is 5.73 Å². The molecule has 1 saturated heterocycles. The lowest BCUT2D eigenvalue weighted by atomic mass is 10.1. The van der Waals surface area contributed by atoms with Crippen molar-refractivity contribution in [3.8, 4) is 0 Å². The van der Waals surface area contributed by atoms with Gasteiger partial charge in [0.1, 0.15) is 5.84 Å². The summed E-state index contributed by atoms with van der Waals surface area (Å²) < 4.78 is 0. The minimum absolute atomic E-state index is 0.598. The number of fused-ring (bicyclic) bond motifs is 2. The van der Waals surface area contributed by atoms with Crippen LogP contribution in [0.5, 0.6) is 0 Å². The van der Waals surface area contributed by atoms with E-state index in [1.807, 2.05) is 17.5 Å². The summed E-state index contributed by atoms with van der Waals surface area (Å²) in [6, 6.07) is 11.2. The Kier molecular flexibility index (Phi) is 3.83. The maximum atomic E-state index is 6.13. The quantitative estimate of drug-likeness (QED) is 0.681. The van der Waals surface area contributed by atoms with Crippen molar-refractivity contribution in [2.24, 2.45) is 10.7 Å². The van der Waals surface area contributed by atoms with E-state index in [9.17, 15) is 0 Å². The smallest absolute Gasteiger partial charge is 0.141 e. The Morgan fingerprint density at radius 3 is 3.09 bits per heavy atom. The summed E-state index contributed by atoms with van der Waals surface area (Å²) in [5, 5.41) is 2.03. The number of hydrogen-bond donors (Lipinski definition) is 1. The zero-order valence-electron chi connectivity index (χ0n) is 13.4. The fourth-order valence-electron chi connectivity index (χ4n) is 3.70. The molecule has 120 valence electrons. The first-order valence-corrected chi connectivity index (χ1v) is 9.05. The molecule has 1 unspecified atom stereocenters. The van der Waals surface area contributed by atoms with Gasteiger partial charge in [0.25, 0.3) is 0 Å². The molecule has 0 bridgehead atoms. The van der Waals surface area contributed by atoms with Crippen molar-refractivity contribution in [2.45, 2.75) is 25.4 Å². The number of amidine groups is 1. The molecule has 4 nitrogen and oxygen atoms in total. The summed E-state index contributed by atoms with van der Waals surface area (Å²) in [4.78, 5) is 10.6. The summed E-state index contributed by atoms with van der Waals surface area (Å²) >= 11 is 1.62. The largest absolute Gasteiger partial charge is 0.383 e. The van der Waals surface area contributed by atoms with Gasteiger partial charge in [-0.3, -0.25) is 4.90 Å². The van der Waals surface area contributed by atoms with Crippen LogP contribution in [-0.2, 0) is 6.54 Å². The van der Waals surface area contributed by atoms with E-state index in [-0.39, 0.29) is 0 Å². The normalized spacial score (nSPS) is 21.9. The molecule has 1 aromatic carbocycles. The van der Waals surface area contributed by atoms with Gasteiger partial charge < -0.3 is 10.6 Å². The highest BCUT2D eigenvalue weighted by molar-refractivity contribution is 7.12. The van der Waals surface area contributed by atoms with Gasteiger partial charge in [0.2, 0.25) is 0 Å². The number of benzene rings is 1. The predicted octanol–water partition coefficient (Wildman–Crippen LogP) is 3.20. The van der Waals surface area contributed by atoms with Crippen molar-refractivity contribution >= 4 is 28.5 Å². The molecule has 2 N–H and O–H groups in total. The zero-order chi connectivity index (χ0) is 15.8. The van der Waals surface area contributed by atoms with Crippen molar-refractivity contribution in [2.75, 3.05) is 25.0 Å². The van der Waals surface area contributed by atoms with Crippen LogP contribution in [0.4, 0.5) is 11.4 Å². The minimum atomic E-state index is 0.598. The van der Waals surface area contributed by atoms with Crippen molar-refractivity contribution in [3.05, 3.63) is 46.2 Å². The van der Waals surface area contributed by atoms with E-state index < -0.39 is 0 Å². The van der Waals surface area contributed by atoms with Gasteiger partial charge in [-0.05, 0) is 54.6 Å². The second kappa shape index (κ2) is 5.98. The fraction of sp³-hybridized carbons (Fsp3) is 0.389. The second-order valence-electron chi connectivity index (χ2n) is 6.43. The zero-order valence-corrected chi connectivity index (χ0v) is 14.2. The van der Waals surface area contributed by atoms with Crippen molar-refractivity contribution in [1.29, 1.82) is 0 Å². The highest BCUT2D eigenvalue weighted by Gasteiger charge is 2.29. The number of anilines is 1. The van der Waals surface area contributed by atoms with Crippen LogP contribution in [-0.4, -0.2) is 36.9 Å². The fourth-order valence-corrected chi connectivity index (χ4v) is 4.33. The molecule has 23 heavy (non-hydrogen) atoms. The van der Waals surface area contributed by atoms with Gasteiger partial charge in [0, 0.05) is 31.9 Å². The van der Waals surface area contributed by atoms with Crippen LogP contribution in [0, 0.1) is 0 Å². The summed E-state index contributed by atoms with van der Waals surface area (Å²) in [7, 11) is 2.20. The Morgan fingerprint density at radius 2 is 2.26 bits per heavy atom. The van der Waals surface area contributed by atoms with Crippen LogP contribution in [0.15, 0.2) is 40.7 Å². The van der Waals surface area contributed by atoms with Gasteiger partial charge in [-0.25, -0.2) is 4.99 Å². The SMILES string of the molecule is CN1CC2CCCN2Cc2cc(N=C(N)c3cccs3)ccc21. The molecule has 1 aromatic heterocycles. The third kappa shape index (κ3) is 2.86. The Balaban J connectivity index is 1.66. The number of nitrogens with zero attached hydrogens (tertiary/aromatic N) is 3. The molecule has 5 heteroatoms. The highest BCUT2D eigenvalue weighted by atomic mass is 32.1. The van der Waals surface area contributed by atoms with Crippen LogP contribution in [0.3, 0.4) is 0 Å². The Hall–Kier alpha value is -1.85. The van der Waals surface area contributed by atoms with Crippen LogP contribution in [0.1, 0.15) is 23.3 Å². The number of thiophene rings is 1. The molecule has 2 aromatic rings. The third-order valence-corrected chi connectivity index (χ3v) is 5.75. The number of likely N-dealkylation sites (N-methyl/N-ethyl adjacent to an activating group) is 1. The molecule has 0 saturated carbocycles. The highest BCUT2D eigenvalue weighted by Crippen LogP contribution is 2.33. The van der Waals surface area contributed by atoms with Gasteiger partial charge in [-0.1, -0.05) is 6.07 Å². The monoisotopic (exact) mass is 326 g/mol. The number of nitrogens with two attached hydrogens (primary N) is 1. The first-order chi connectivity index (χ1) is 11.2. The van der Waals surface area contributed by atoms with Crippen LogP contribution in [0.25, 0.3) is 0 Å². The molecule has 2 aliphatic heterocycles. The number of aliphatic imine (C=N–C) groups is 1. The van der Waals surface area contributed by atoms with Gasteiger partial charge in [-0.2, -0.15) is 0 Å². The maximum Gasteiger partial charge on any atom is 0.141 e. The molecule has 0 spiro atoms. The molecule has 0 radical (unpaired) electrons. The van der Waals surface area contributed by atoms with Crippen molar-refractivity contribution < 1.29 is 0 Å². The lowest BCUT2D eigenvalue weighted by Crippen LogP contribution is -2.35. The van der Waals surface area contributed by atoms with Crippen molar-refractivity contribution in [1.82, 2.24) is 4.90 Å². The van der Waals surface area contributed by atoms with Crippen LogP contribution < -0.4 is 10.6 Å².